The summed E-state index contributed by atoms with van der Waals surface area (Å²) in [4.78, 5) is 3.89. The number of aromatic nitrogens is 1. The van der Waals surface area contributed by atoms with E-state index in [1.54, 1.807) is 20.0 Å². The minimum atomic E-state index is -0.760. The maximum absolute atomic E-state index is 9.87. The molecule has 0 saturated heterocycles. The first-order valence-corrected chi connectivity index (χ1v) is 5.94. The van der Waals surface area contributed by atoms with Gasteiger partial charge in [0.2, 0.25) is 0 Å². The molecule has 0 amide bonds. The lowest BCUT2D eigenvalue weighted by atomic mass is 10.0. The molecule has 18 heavy (non-hydrogen) atoms. The standard InChI is InChI=1S/C14H18N2O2/c1-10(14(2,3)17)16-12-6-4-11(5-7-12)13-8-15-9-18-13/h4-10,16-17H,1-3H3. The highest BCUT2D eigenvalue weighted by Gasteiger charge is 2.21. The van der Waals surface area contributed by atoms with E-state index in [4.69, 9.17) is 4.42 Å². The van der Waals surface area contributed by atoms with Crippen molar-refractivity contribution in [2.45, 2.75) is 32.4 Å². The number of rotatable bonds is 4. The van der Waals surface area contributed by atoms with Crippen molar-refractivity contribution in [2.75, 3.05) is 5.32 Å². The quantitative estimate of drug-likeness (QED) is 0.870. The normalized spacial score (nSPS) is 13.3. The van der Waals surface area contributed by atoms with Gasteiger partial charge < -0.3 is 14.8 Å². The van der Waals surface area contributed by atoms with E-state index in [-0.39, 0.29) is 6.04 Å². The second-order valence-electron chi connectivity index (χ2n) is 4.96. The molecule has 0 aliphatic heterocycles. The first kappa shape index (κ1) is 12.6. The van der Waals surface area contributed by atoms with Crippen LogP contribution < -0.4 is 5.32 Å². The fourth-order valence-electron chi connectivity index (χ4n) is 1.52. The van der Waals surface area contributed by atoms with E-state index >= 15 is 0 Å². The number of nitrogens with zero attached hydrogens (tertiary/aromatic N) is 1. The van der Waals surface area contributed by atoms with Crippen LogP contribution in [0.15, 0.2) is 41.3 Å². The lowest BCUT2D eigenvalue weighted by Gasteiger charge is -2.27. The molecule has 4 heteroatoms. The van der Waals surface area contributed by atoms with Crippen LogP contribution in [0.5, 0.6) is 0 Å². The predicted octanol–water partition coefficient (Wildman–Crippen LogP) is 2.91. The zero-order chi connectivity index (χ0) is 13.2. The number of aliphatic hydroxyl groups is 1. The molecular weight excluding hydrogens is 228 g/mol. The van der Waals surface area contributed by atoms with Crippen LogP contribution in [0.2, 0.25) is 0 Å². The van der Waals surface area contributed by atoms with Crippen LogP contribution in [0.1, 0.15) is 20.8 Å². The highest BCUT2D eigenvalue weighted by molar-refractivity contribution is 5.60. The molecule has 0 radical (unpaired) electrons. The molecule has 0 bridgehead atoms. The third kappa shape index (κ3) is 2.90. The van der Waals surface area contributed by atoms with Crippen molar-refractivity contribution in [3.8, 4) is 11.3 Å². The first-order valence-electron chi connectivity index (χ1n) is 5.94. The van der Waals surface area contributed by atoms with E-state index < -0.39 is 5.60 Å². The zero-order valence-electron chi connectivity index (χ0n) is 10.8. The smallest absolute Gasteiger partial charge is 0.181 e. The minimum absolute atomic E-state index is 0.0337. The Bertz CT molecular complexity index is 484. The van der Waals surface area contributed by atoms with E-state index in [2.05, 4.69) is 10.3 Å². The van der Waals surface area contributed by atoms with Crippen LogP contribution in [0, 0.1) is 0 Å². The summed E-state index contributed by atoms with van der Waals surface area (Å²) in [5.74, 6) is 0.747. The summed E-state index contributed by atoms with van der Waals surface area (Å²) in [5, 5.41) is 13.1. The van der Waals surface area contributed by atoms with Crippen LogP contribution in [0.25, 0.3) is 11.3 Å². The van der Waals surface area contributed by atoms with Crippen molar-refractivity contribution < 1.29 is 9.52 Å². The second kappa shape index (κ2) is 4.82. The Hall–Kier alpha value is -1.81. The van der Waals surface area contributed by atoms with Gasteiger partial charge in [0.25, 0.3) is 0 Å². The van der Waals surface area contributed by atoms with Gasteiger partial charge >= 0.3 is 0 Å². The predicted molar refractivity (Wildman–Crippen MR) is 71.3 cm³/mol. The Balaban J connectivity index is 2.09. The number of hydrogen-bond donors (Lipinski definition) is 2. The third-order valence-electron chi connectivity index (χ3n) is 3.04. The molecule has 0 spiro atoms. The van der Waals surface area contributed by atoms with Gasteiger partial charge in [-0.15, -0.1) is 0 Å². The molecule has 0 aliphatic rings. The minimum Gasteiger partial charge on any atom is -0.444 e. The van der Waals surface area contributed by atoms with Crippen molar-refractivity contribution in [3.05, 3.63) is 36.9 Å². The maximum Gasteiger partial charge on any atom is 0.181 e. The topological polar surface area (TPSA) is 58.3 Å². The van der Waals surface area contributed by atoms with Gasteiger partial charge in [-0.2, -0.15) is 0 Å². The molecule has 1 aromatic carbocycles. The lowest BCUT2D eigenvalue weighted by Crippen LogP contribution is -2.39. The molecule has 2 aromatic rings. The van der Waals surface area contributed by atoms with Gasteiger partial charge in [0.1, 0.15) is 0 Å². The van der Waals surface area contributed by atoms with Gasteiger partial charge in [-0.1, -0.05) is 0 Å². The summed E-state index contributed by atoms with van der Waals surface area (Å²) in [6.45, 7) is 5.52. The Labute approximate surface area is 107 Å². The Morgan fingerprint density at radius 3 is 2.44 bits per heavy atom. The van der Waals surface area contributed by atoms with Gasteiger partial charge in [-0.25, -0.2) is 4.98 Å². The van der Waals surface area contributed by atoms with E-state index in [9.17, 15) is 5.11 Å². The summed E-state index contributed by atoms with van der Waals surface area (Å²) in [6, 6.07) is 7.80. The molecule has 0 fully saturated rings. The Kier molecular flexibility index (Phi) is 3.39. The van der Waals surface area contributed by atoms with E-state index in [0.29, 0.717) is 0 Å². The monoisotopic (exact) mass is 246 g/mol. The molecular formula is C14H18N2O2. The van der Waals surface area contributed by atoms with Gasteiger partial charge in [0.05, 0.1) is 17.8 Å². The molecule has 1 aromatic heterocycles. The summed E-state index contributed by atoms with van der Waals surface area (Å²) in [7, 11) is 0. The van der Waals surface area contributed by atoms with Crippen LogP contribution in [0.3, 0.4) is 0 Å². The average molecular weight is 246 g/mol. The number of benzene rings is 1. The molecule has 1 atom stereocenters. The molecule has 2 N–H and O–H groups in total. The van der Waals surface area contributed by atoms with Crippen LogP contribution in [-0.2, 0) is 0 Å². The number of hydrogen-bond acceptors (Lipinski definition) is 4. The van der Waals surface area contributed by atoms with E-state index in [0.717, 1.165) is 17.0 Å². The van der Waals surface area contributed by atoms with Crippen molar-refractivity contribution in [3.63, 3.8) is 0 Å². The maximum atomic E-state index is 9.87. The summed E-state index contributed by atoms with van der Waals surface area (Å²) < 4.78 is 5.22. The zero-order valence-corrected chi connectivity index (χ0v) is 10.8. The Morgan fingerprint density at radius 2 is 1.94 bits per heavy atom. The van der Waals surface area contributed by atoms with Crippen LogP contribution in [0.4, 0.5) is 5.69 Å². The van der Waals surface area contributed by atoms with Crippen molar-refractivity contribution in [1.82, 2.24) is 4.98 Å². The summed E-state index contributed by atoms with van der Waals surface area (Å²) >= 11 is 0. The summed E-state index contributed by atoms with van der Waals surface area (Å²) in [6.07, 6.45) is 3.10. The second-order valence-corrected chi connectivity index (χ2v) is 4.96. The SMILES string of the molecule is CC(Nc1ccc(-c2cnco2)cc1)C(C)(C)O. The van der Waals surface area contributed by atoms with Gasteiger partial charge in [0, 0.05) is 11.3 Å². The van der Waals surface area contributed by atoms with Crippen molar-refractivity contribution >= 4 is 5.69 Å². The number of anilines is 1. The van der Waals surface area contributed by atoms with Crippen LogP contribution in [-0.4, -0.2) is 21.7 Å². The highest BCUT2D eigenvalue weighted by atomic mass is 16.3. The molecule has 1 unspecified atom stereocenters. The molecule has 1 heterocycles. The van der Waals surface area contributed by atoms with E-state index in [1.165, 1.54) is 6.39 Å². The molecule has 4 nitrogen and oxygen atoms in total. The lowest BCUT2D eigenvalue weighted by molar-refractivity contribution is 0.0649. The molecule has 0 aliphatic carbocycles. The highest BCUT2D eigenvalue weighted by Crippen LogP contribution is 2.22. The largest absolute Gasteiger partial charge is 0.444 e. The third-order valence-corrected chi connectivity index (χ3v) is 3.04. The van der Waals surface area contributed by atoms with Crippen molar-refractivity contribution in [1.29, 1.82) is 0 Å². The first-order chi connectivity index (χ1) is 8.47. The molecule has 0 saturated carbocycles. The van der Waals surface area contributed by atoms with Crippen molar-refractivity contribution in [2.24, 2.45) is 0 Å². The molecule has 96 valence electrons. The molecule has 2 rings (SSSR count). The van der Waals surface area contributed by atoms with Crippen LogP contribution >= 0.6 is 0 Å². The van der Waals surface area contributed by atoms with Gasteiger partial charge in [-0.3, -0.25) is 0 Å². The van der Waals surface area contributed by atoms with E-state index in [1.807, 2.05) is 31.2 Å². The van der Waals surface area contributed by atoms with Gasteiger partial charge in [-0.05, 0) is 45.0 Å². The van der Waals surface area contributed by atoms with Gasteiger partial charge in [0.15, 0.2) is 12.2 Å². The fraction of sp³-hybridized carbons (Fsp3) is 0.357. The number of oxazole rings is 1. The fourth-order valence-corrected chi connectivity index (χ4v) is 1.52. The number of nitrogens with one attached hydrogen (secondary N) is 1. The Morgan fingerprint density at radius 1 is 1.28 bits per heavy atom. The average Bonchev–Trinajstić information content (AvgIpc) is 2.82. The summed E-state index contributed by atoms with van der Waals surface area (Å²) in [5.41, 5.74) is 1.19.